The number of ether oxygens (including phenoxy) is 4. The van der Waals surface area contributed by atoms with Crippen molar-refractivity contribution in [2.24, 2.45) is 0 Å². The van der Waals surface area contributed by atoms with E-state index in [2.05, 4.69) is 15.7 Å². The number of anilines is 2. The molecule has 0 spiro atoms. The number of nitrogens with zero attached hydrogens (tertiary/aromatic N) is 2. The number of aliphatic carboxylic acids is 1. The van der Waals surface area contributed by atoms with Gasteiger partial charge in [-0.1, -0.05) is 0 Å². The first-order valence-electron chi connectivity index (χ1n) is 10.4. The Balaban J connectivity index is 1.74. The molecule has 35 heavy (non-hydrogen) atoms. The molecule has 11 nitrogen and oxygen atoms in total. The van der Waals surface area contributed by atoms with Crippen LogP contribution in [-0.4, -0.2) is 55.2 Å². The topological polar surface area (TPSA) is 133 Å². The van der Waals surface area contributed by atoms with Crippen LogP contribution in [0.2, 0.25) is 0 Å². The molecule has 4 rings (SSSR count). The Morgan fingerprint density at radius 1 is 0.971 bits per heavy atom. The van der Waals surface area contributed by atoms with Crippen LogP contribution in [0.25, 0.3) is 0 Å². The molecule has 0 bridgehead atoms. The van der Waals surface area contributed by atoms with Crippen molar-refractivity contribution in [3.05, 3.63) is 65.5 Å². The van der Waals surface area contributed by atoms with E-state index in [9.17, 15) is 14.7 Å². The van der Waals surface area contributed by atoms with Gasteiger partial charge in [-0.05, 0) is 36.4 Å². The predicted molar refractivity (Wildman–Crippen MR) is 127 cm³/mol. The molecule has 1 aliphatic heterocycles. The van der Waals surface area contributed by atoms with Crippen LogP contribution in [0.15, 0.2) is 54.4 Å². The number of aromatic nitrogens is 2. The summed E-state index contributed by atoms with van der Waals surface area (Å²) in [6, 6.07) is 9.46. The second kappa shape index (κ2) is 9.67. The van der Waals surface area contributed by atoms with E-state index in [1.165, 1.54) is 45.4 Å². The van der Waals surface area contributed by atoms with E-state index in [1.807, 2.05) is 0 Å². The summed E-state index contributed by atoms with van der Waals surface area (Å²) < 4.78 is 22.8. The van der Waals surface area contributed by atoms with Gasteiger partial charge in [0.05, 0.1) is 34.6 Å². The van der Waals surface area contributed by atoms with Gasteiger partial charge in [0.2, 0.25) is 0 Å². The van der Waals surface area contributed by atoms with Gasteiger partial charge in [-0.15, -0.1) is 0 Å². The molecule has 1 amide bonds. The SMILES string of the molecule is COc1ccc(OC)c([C@H]2C=C(C(=O)O)Nc3c(C(=O)Nc4ccc(OC)c(OC)c4)cnn32)c1. The minimum Gasteiger partial charge on any atom is -0.497 e. The standard InChI is InChI=1S/C24H24N4O7/c1-32-14-6-8-19(33-2)15(10-14)18-11-17(24(30)31)27-22-16(12-25-28(18)22)23(29)26-13-5-7-20(34-3)21(9-13)35-4/h5-12,18,27H,1-4H3,(H,26,29)(H,30,31)/t18-/m1/s1. The fourth-order valence-electron chi connectivity index (χ4n) is 3.79. The summed E-state index contributed by atoms with van der Waals surface area (Å²) in [5.74, 6) is 0.576. The Bertz CT molecular complexity index is 1320. The molecular formula is C24H24N4O7. The number of carboxylic acid groups (broad SMARTS) is 1. The number of methoxy groups -OCH3 is 4. The van der Waals surface area contributed by atoms with Crippen molar-refractivity contribution in [1.29, 1.82) is 0 Å². The van der Waals surface area contributed by atoms with Gasteiger partial charge in [-0.2, -0.15) is 5.10 Å². The van der Waals surface area contributed by atoms with E-state index in [-0.39, 0.29) is 17.1 Å². The summed E-state index contributed by atoms with van der Waals surface area (Å²) in [6.45, 7) is 0. The smallest absolute Gasteiger partial charge is 0.352 e. The number of hydrogen-bond donors (Lipinski definition) is 3. The summed E-state index contributed by atoms with van der Waals surface area (Å²) in [5, 5.41) is 19.7. The molecular weight excluding hydrogens is 456 g/mol. The zero-order valence-corrected chi connectivity index (χ0v) is 19.5. The number of rotatable bonds is 8. The second-order valence-electron chi connectivity index (χ2n) is 7.44. The quantitative estimate of drug-likeness (QED) is 0.445. The lowest BCUT2D eigenvalue weighted by atomic mass is 10.0. The van der Waals surface area contributed by atoms with E-state index >= 15 is 0 Å². The zero-order valence-electron chi connectivity index (χ0n) is 19.5. The van der Waals surface area contributed by atoms with Crippen molar-refractivity contribution in [2.75, 3.05) is 39.1 Å². The molecule has 1 aromatic heterocycles. The summed E-state index contributed by atoms with van der Waals surface area (Å²) in [6.07, 6.45) is 2.87. The minimum absolute atomic E-state index is 0.104. The molecule has 1 aliphatic rings. The molecule has 0 radical (unpaired) electrons. The molecule has 0 fully saturated rings. The Hall–Kier alpha value is -4.67. The van der Waals surface area contributed by atoms with E-state index in [0.717, 1.165) is 0 Å². The number of carbonyl (C=O) groups is 2. The van der Waals surface area contributed by atoms with Gasteiger partial charge in [0.15, 0.2) is 11.5 Å². The lowest BCUT2D eigenvalue weighted by Crippen LogP contribution is -2.26. The van der Waals surface area contributed by atoms with Gasteiger partial charge in [0.1, 0.15) is 34.6 Å². The average molecular weight is 480 g/mol. The second-order valence-corrected chi connectivity index (χ2v) is 7.44. The molecule has 2 aromatic carbocycles. The maximum Gasteiger partial charge on any atom is 0.352 e. The number of amides is 1. The van der Waals surface area contributed by atoms with Gasteiger partial charge in [0, 0.05) is 17.3 Å². The van der Waals surface area contributed by atoms with Crippen molar-refractivity contribution in [2.45, 2.75) is 6.04 Å². The fourth-order valence-corrected chi connectivity index (χ4v) is 3.79. The van der Waals surface area contributed by atoms with E-state index in [0.29, 0.717) is 34.2 Å². The van der Waals surface area contributed by atoms with Crippen LogP contribution in [0.1, 0.15) is 22.0 Å². The highest BCUT2D eigenvalue weighted by Gasteiger charge is 2.31. The minimum atomic E-state index is -1.18. The largest absolute Gasteiger partial charge is 0.497 e. The summed E-state index contributed by atoms with van der Waals surface area (Å²) in [7, 11) is 6.05. The van der Waals surface area contributed by atoms with Gasteiger partial charge in [-0.25, -0.2) is 9.48 Å². The highest BCUT2D eigenvalue weighted by Crippen LogP contribution is 2.38. The van der Waals surface area contributed by atoms with E-state index < -0.39 is 17.9 Å². The normalized spacial score (nSPS) is 14.2. The third-order valence-corrected chi connectivity index (χ3v) is 5.51. The molecule has 2 heterocycles. The summed E-state index contributed by atoms with van der Waals surface area (Å²) in [4.78, 5) is 25.1. The van der Waals surface area contributed by atoms with E-state index in [1.54, 1.807) is 36.4 Å². The number of carboxylic acids is 1. The molecule has 0 unspecified atom stereocenters. The monoisotopic (exact) mass is 480 g/mol. The molecule has 1 atom stereocenters. The predicted octanol–water partition coefficient (Wildman–Crippen LogP) is 3.15. The zero-order chi connectivity index (χ0) is 25.1. The van der Waals surface area contributed by atoms with Crippen molar-refractivity contribution in [3.8, 4) is 23.0 Å². The number of carbonyl (C=O) groups excluding carboxylic acids is 1. The Morgan fingerprint density at radius 2 is 1.69 bits per heavy atom. The lowest BCUT2D eigenvalue weighted by Gasteiger charge is -2.26. The van der Waals surface area contributed by atoms with E-state index in [4.69, 9.17) is 18.9 Å². The van der Waals surface area contributed by atoms with Crippen molar-refractivity contribution >= 4 is 23.4 Å². The van der Waals surface area contributed by atoms with Crippen molar-refractivity contribution in [3.63, 3.8) is 0 Å². The molecule has 3 aromatic rings. The van der Waals surface area contributed by atoms with Crippen LogP contribution in [0.3, 0.4) is 0 Å². The average Bonchev–Trinajstić information content (AvgIpc) is 3.31. The van der Waals surface area contributed by atoms with Crippen LogP contribution < -0.4 is 29.6 Å². The third kappa shape index (κ3) is 4.43. The van der Waals surface area contributed by atoms with Crippen LogP contribution in [0, 0.1) is 0 Å². The van der Waals surface area contributed by atoms with Crippen molar-refractivity contribution in [1.82, 2.24) is 9.78 Å². The third-order valence-electron chi connectivity index (χ3n) is 5.51. The first-order valence-corrected chi connectivity index (χ1v) is 10.4. The fraction of sp³-hybridized carbons (Fsp3) is 0.208. The number of fused-ring (bicyclic) bond motifs is 1. The van der Waals surface area contributed by atoms with Gasteiger partial charge in [0.25, 0.3) is 5.91 Å². The Labute approximate surface area is 200 Å². The highest BCUT2D eigenvalue weighted by molar-refractivity contribution is 6.08. The van der Waals surface area contributed by atoms with Gasteiger partial charge >= 0.3 is 5.97 Å². The number of hydrogen-bond acceptors (Lipinski definition) is 8. The van der Waals surface area contributed by atoms with Gasteiger partial charge in [-0.3, -0.25) is 4.79 Å². The van der Waals surface area contributed by atoms with Crippen LogP contribution in [0.5, 0.6) is 23.0 Å². The molecule has 0 saturated heterocycles. The Morgan fingerprint density at radius 3 is 2.34 bits per heavy atom. The lowest BCUT2D eigenvalue weighted by molar-refractivity contribution is -0.132. The first kappa shape index (κ1) is 23.5. The summed E-state index contributed by atoms with van der Waals surface area (Å²) in [5.41, 5.74) is 1.12. The number of benzene rings is 2. The summed E-state index contributed by atoms with van der Waals surface area (Å²) >= 11 is 0. The number of nitrogens with one attached hydrogen (secondary N) is 2. The first-order chi connectivity index (χ1) is 16.9. The molecule has 0 saturated carbocycles. The molecule has 182 valence electrons. The maximum atomic E-state index is 13.2. The van der Waals surface area contributed by atoms with Crippen molar-refractivity contribution < 1.29 is 33.6 Å². The van der Waals surface area contributed by atoms with Crippen LogP contribution in [-0.2, 0) is 4.79 Å². The van der Waals surface area contributed by atoms with Crippen LogP contribution >= 0.6 is 0 Å². The maximum absolute atomic E-state index is 13.2. The molecule has 11 heteroatoms. The highest BCUT2D eigenvalue weighted by atomic mass is 16.5. The van der Waals surface area contributed by atoms with Gasteiger partial charge < -0.3 is 34.7 Å². The molecule has 0 aliphatic carbocycles. The molecule has 3 N–H and O–H groups in total. The number of allylic oxidation sites excluding steroid dienone is 1. The van der Waals surface area contributed by atoms with Crippen LogP contribution in [0.4, 0.5) is 11.5 Å². The Kier molecular flexibility index (Phi) is 6.49.